The zero-order valence-electron chi connectivity index (χ0n) is 23.0. The Hall–Kier alpha value is -3.59. The second kappa shape index (κ2) is 11.3. The first kappa shape index (κ1) is 27.0. The topological polar surface area (TPSA) is 83.4 Å². The number of benzene rings is 1. The van der Waals surface area contributed by atoms with Crippen LogP contribution in [0.15, 0.2) is 36.9 Å². The number of carbonyl (C=O) groups excluding carboxylic acids is 2. The van der Waals surface area contributed by atoms with E-state index in [4.69, 9.17) is 4.98 Å². The number of carbonyl (C=O) groups is 2. The molecule has 8 nitrogen and oxygen atoms in total. The Morgan fingerprint density at radius 3 is 2.51 bits per heavy atom. The number of alkyl halides is 1. The molecule has 2 aliphatic rings. The second-order valence-corrected chi connectivity index (χ2v) is 10.9. The average molecular weight is 533 g/mol. The molecule has 0 radical (unpaired) electrons. The monoisotopic (exact) mass is 532 g/mol. The lowest BCUT2D eigenvalue weighted by Gasteiger charge is -2.26. The molecule has 9 heteroatoms. The summed E-state index contributed by atoms with van der Waals surface area (Å²) in [5.74, 6) is 0.123. The first-order valence-electron chi connectivity index (χ1n) is 13.8. The van der Waals surface area contributed by atoms with Gasteiger partial charge in [-0.05, 0) is 81.9 Å². The number of aryl methyl sites for hydroxylation is 3. The van der Waals surface area contributed by atoms with Gasteiger partial charge in [-0.25, -0.2) is 9.37 Å². The summed E-state index contributed by atoms with van der Waals surface area (Å²) in [7, 11) is 0. The summed E-state index contributed by atoms with van der Waals surface area (Å²) in [6, 6.07) is 7.65. The normalized spacial score (nSPS) is 20.3. The van der Waals surface area contributed by atoms with Gasteiger partial charge in [-0.15, -0.1) is 0 Å². The van der Waals surface area contributed by atoms with Gasteiger partial charge < -0.3 is 9.47 Å². The van der Waals surface area contributed by atoms with E-state index in [0.717, 1.165) is 59.4 Å². The smallest absolute Gasteiger partial charge is 0.258 e. The lowest BCUT2D eigenvalue weighted by atomic mass is 10.1. The Kier molecular flexibility index (Phi) is 7.79. The average Bonchev–Trinajstić information content (AvgIpc) is 3.36. The van der Waals surface area contributed by atoms with Gasteiger partial charge in [-0.1, -0.05) is 12.6 Å². The van der Waals surface area contributed by atoms with Crippen LogP contribution in [0.1, 0.15) is 64.6 Å². The number of imidazole rings is 1. The number of nitrogens with one attached hydrogen (secondary N) is 1. The van der Waals surface area contributed by atoms with E-state index in [1.807, 2.05) is 24.8 Å². The van der Waals surface area contributed by atoms with Crippen molar-refractivity contribution in [2.45, 2.75) is 65.2 Å². The number of anilines is 1. The Bertz CT molecular complexity index is 1400. The van der Waals surface area contributed by atoms with Gasteiger partial charge in [-0.2, -0.15) is 0 Å². The van der Waals surface area contributed by atoms with Crippen molar-refractivity contribution in [2.24, 2.45) is 0 Å². The van der Waals surface area contributed by atoms with Crippen LogP contribution in [0.25, 0.3) is 11.0 Å². The summed E-state index contributed by atoms with van der Waals surface area (Å²) < 4.78 is 15.9. The van der Waals surface area contributed by atoms with Gasteiger partial charge in [0.05, 0.1) is 17.1 Å². The van der Waals surface area contributed by atoms with Gasteiger partial charge in [0.1, 0.15) is 6.17 Å². The lowest BCUT2D eigenvalue weighted by molar-refractivity contribution is -0.126. The Morgan fingerprint density at radius 2 is 1.82 bits per heavy atom. The summed E-state index contributed by atoms with van der Waals surface area (Å²) in [6.45, 7) is 12.5. The van der Waals surface area contributed by atoms with E-state index in [-0.39, 0.29) is 17.9 Å². The summed E-state index contributed by atoms with van der Waals surface area (Å²) in [6.07, 6.45) is 3.89. The number of nitrogens with zero attached hydrogens (tertiary/aromatic N) is 5. The number of aromatic nitrogens is 3. The zero-order chi connectivity index (χ0) is 27.7. The van der Waals surface area contributed by atoms with Crippen molar-refractivity contribution in [3.05, 3.63) is 65.0 Å². The van der Waals surface area contributed by atoms with Crippen LogP contribution in [0.5, 0.6) is 0 Å². The van der Waals surface area contributed by atoms with Gasteiger partial charge in [0.25, 0.3) is 5.91 Å². The van der Waals surface area contributed by atoms with Crippen LogP contribution in [-0.4, -0.2) is 68.5 Å². The van der Waals surface area contributed by atoms with E-state index < -0.39 is 6.17 Å². The van der Waals surface area contributed by atoms with Gasteiger partial charge in [0.2, 0.25) is 11.9 Å². The Morgan fingerprint density at radius 1 is 1.05 bits per heavy atom. The maximum Gasteiger partial charge on any atom is 0.258 e. The molecule has 4 heterocycles. The van der Waals surface area contributed by atoms with Crippen LogP contribution >= 0.6 is 0 Å². The molecule has 2 aliphatic heterocycles. The predicted octanol–water partition coefficient (Wildman–Crippen LogP) is 4.89. The van der Waals surface area contributed by atoms with Crippen LogP contribution in [0, 0.1) is 20.8 Å². The molecule has 5 rings (SSSR count). The standard InChI is InChI=1S/C30H37FN6O2/c1-5-27(38)36-10-7-6-8-25(18-36)37-28-19(2)12-22(16-35-11-9-24(31)17-35)15-26(28)33-30(37)34-29(39)23-13-20(3)32-21(4)14-23/h5,12-15,24-25H,1,6-11,16-18H2,2-4H3,(H,33,34,39)/t24-,25?/m0/s1. The van der Waals surface area contributed by atoms with Crippen molar-refractivity contribution in [1.82, 2.24) is 24.3 Å². The first-order valence-corrected chi connectivity index (χ1v) is 13.8. The van der Waals surface area contributed by atoms with Crippen molar-refractivity contribution >= 4 is 28.8 Å². The predicted molar refractivity (Wildman–Crippen MR) is 151 cm³/mol. The molecule has 2 fully saturated rings. The molecule has 1 N–H and O–H groups in total. The van der Waals surface area contributed by atoms with Crippen molar-refractivity contribution in [1.29, 1.82) is 0 Å². The zero-order valence-corrected chi connectivity index (χ0v) is 23.0. The van der Waals surface area contributed by atoms with E-state index in [9.17, 15) is 14.0 Å². The Labute approximate surface area is 228 Å². The van der Waals surface area contributed by atoms with Gasteiger partial charge in [0, 0.05) is 49.7 Å². The van der Waals surface area contributed by atoms with E-state index in [0.29, 0.717) is 44.1 Å². The molecule has 0 bridgehead atoms. The van der Waals surface area contributed by atoms with Crippen LogP contribution < -0.4 is 5.32 Å². The summed E-state index contributed by atoms with van der Waals surface area (Å²) in [5.41, 5.74) is 5.90. The van der Waals surface area contributed by atoms with Gasteiger partial charge in [0.15, 0.2) is 0 Å². The van der Waals surface area contributed by atoms with Crippen LogP contribution in [-0.2, 0) is 11.3 Å². The molecule has 2 atom stereocenters. The number of fused-ring (bicyclic) bond motifs is 1. The molecular weight excluding hydrogens is 495 g/mol. The number of pyridine rings is 1. The van der Waals surface area contributed by atoms with Crippen molar-refractivity contribution < 1.29 is 14.0 Å². The minimum atomic E-state index is -0.771. The third kappa shape index (κ3) is 5.88. The van der Waals surface area contributed by atoms with Crippen LogP contribution in [0.3, 0.4) is 0 Å². The molecule has 0 aliphatic carbocycles. The number of rotatable bonds is 6. The fraction of sp³-hybridized carbons (Fsp3) is 0.467. The lowest BCUT2D eigenvalue weighted by Crippen LogP contribution is -2.34. The highest BCUT2D eigenvalue weighted by Gasteiger charge is 2.28. The highest BCUT2D eigenvalue weighted by molar-refractivity contribution is 6.04. The van der Waals surface area contributed by atoms with Crippen LogP contribution in [0.2, 0.25) is 0 Å². The summed E-state index contributed by atoms with van der Waals surface area (Å²) >= 11 is 0. The number of amides is 2. The molecule has 2 saturated heterocycles. The molecule has 2 aromatic heterocycles. The second-order valence-electron chi connectivity index (χ2n) is 10.9. The van der Waals surface area contributed by atoms with Gasteiger partial charge in [-0.3, -0.25) is 24.8 Å². The minimum Gasteiger partial charge on any atom is -0.337 e. The molecule has 0 saturated carbocycles. The maximum atomic E-state index is 13.8. The first-order chi connectivity index (χ1) is 18.7. The van der Waals surface area contributed by atoms with Crippen molar-refractivity contribution in [3.63, 3.8) is 0 Å². The highest BCUT2D eigenvalue weighted by atomic mass is 19.1. The summed E-state index contributed by atoms with van der Waals surface area (Å²) in [4.78, 5) is 39.3. The fourth-order valence-electron chi connectivity index (χ4n) is 6.03. The van der Waals surface area contributed by atoms with E-state index in [2.05, 4.69) is 39.3 Å². The highest BCUT2D eigenvalue weighted by Crippen LogP contribution is 2.33. The summed E-state index contributed by atoms with van der Waals surface area (Å²) in [5, 5.41) is 3.07. The molecule has 206 valence electrons. The third-order valence-corrected chi connectivity index (χ3v) is 7.72. The molecule has 1 aromatic carbocycles. The van der Waals surface area contributed by atoms with Crippen molar-refractivity contribution in [2.75, 3.05) is 31.5 Å². The van der Waals surface area contributed by atoms with Crippen LogP contribution in [0.4, 0.5) is 10.3 Å². The quantitative estimate of drug-likeness (QED) is 0.457. The van der Waals surface area contributed by atoms with E-state index in [1.165, 1.54) is 6.08 Å². The van der Waals surface area contributed by atoms with Gasteiger partial charge >= 0.3 is 0 Å². The fourth-order valence-corrected chi connectivity index (χ4v) is 6.03. The van der Waals surface area contributed by atoms with E-state index in [1.54, 1.807) is 12.1 Å². The molecule has 1 unspecified atom stereocenters. The number of hydrogen-bond acceptors (Lipinski definition) is 5. The minimum absolute atomic E-state index is 0.0620. The third-order valence-electron chi connectivity index (χ3n) is 7.72. The number of likely N-dealkylation sites (tertiary alicyclic amines) is 2. The number of halogens is 1. The molecule has 0 spiro atoms. The molecule has 3 aromatic rings. The molecular formula is C30H37FN6O2. The molecule has 2 amide bonds. The van der Waals surface area contributed by atoms with Crippen molar-refractivity contribution in [3.8, 4) is 0 Å². The number of hydrogen-bond donors (Lipinski definition) is 1. The SMILES string of the molecule is C=CC(=O)N1CCCCC(n2c(NC(=O)c3cc(C)nc(C)c3)nc3cc(CN4CC[C@H](F)C4)cc(C)c32)C1. The maximum absolute atomic E-state index is 13.8. The largest absolute Gasteiger partial charge is 0.337 e. The Balaban J connectivity index is 1.56. The van der Waals surface area contributed by atoms with E-state index >= 15 is 0 Å². The molecule has 39 heavy (non-hydrogen) atoms.